The molecule has 27 heavy (non-hydrogen) atoms. The lowest BCUT2D eigenvalue weighted by Gasteiger charge is -2.37. The highest BCUT2D eigenvalue weighted by Gasteiger charge is 2.23. The minimum Gasteiger partial charge on any atom is -0.353 e. The Morgan fingerprint density at radius 3 is 2.52 bits per heavy atom. The predicted octanol–water partition coefficient (Wildman–Crippen LogP) is 2.28. The van der Waals surface area contributed by atoms with Crippen molar-refractivity contribution in [1.29, 1.82) is 0 Å². The number of hydrogen-bond acceptors (Lipinski definition) is 6. The maximum atomic E-state index is 5.34. The molecule has 0 spiro atoms. The lowest BCUT2D eigenvalue weighted by atomic mass is 9.97. The second-order valence-corrected chi connectivity index (χ2v) is 7.33. The van der Waals surface area contributed by atoms with E-state index in [1.54, 1.807) is 7.05 Å². The Kier molecular flexibility index (Phi) is 7.40. The van der Waals surface area contributed by atoms with Gasteiger partial charge in [-0.05, 0) is 12.1 Å². The van der Waals surface area contributed by atoms with Gasteiger partial charge in [0, 0.05) is 44.8 Å². The van der Waals surface area contributed by atoms with Crippen LogP contribution in [0.4, 0.5) is 5.82 Å². The van der Waals surface area contributed by atoms with E-state index in [0.29, 0.717) is 18.3 Å². The molecular weight excluding hydrogens is 457 g/mol. The molecule has 3 rings (SSSR count). The maximum absolute atomic E-state index is 5.34. The molecule has 1 fully saturated rings. The fraction of sp³-hybridized carbons (Fsp3) is 0.556. The summed E-state index contributed by atoms with van der Waals surface area (Å²) in [5, 5.41) is 7.38. The van der Waals surface area contributed by atoms with Crippen LogP contribution in [0, 0.1) is 0 Å². The van der Waals surface area contributed by atoms with Gasteiger partial charge in [-0.15, -0.1) is 24.0 Å². The molecule has 1 N–H and O–H groups in total. The van der Waals surface area contributed by atoms with Gasteiger partial charge in [-0.2, -0.15) is 4.98 Å². The first-order valence-electron chi connectivity index (χ1n) is 8.92. The van der Waals surface area contributed by atoms with Crippen LogP contribution in [0.5, 0.6) is 0 Å². The van der Waals surface area contributed by atoms with Crippen molar-refractivity contribution in [2.24, 2.45) is 4.99 Å². The van der Waals surface area contributed by atoms with Crippen LogP contribution in [0.25, 0.3) is 0 Å². The number of halogens is 1. The van der Waals surface area contributed by atoms with E-state index in [-0.39, 0.29) is 29.4 Å². The fourth-order valence-electron chi connectivity index (χ4n) is 2.81. The molecule has 3 heterocycles. The van der Waals surface area contributed by atoms with Crippen LogP contribution in [0.3, 0.4) is 0 Å². The SMILES string of the molecule is CN=C(NCc1noc(C(C)(C)C)n1)N1CCN(c2ccccn2)CC1.I. The third kappa shape index (κ3) is 5.53. The molecule has 2 aromatic rings. The number of anilines is 1. The second-order valence-electron chi connectivity index (χ2n) is 7.33. The summed E-state index contributed by atoms with van der Waals surface area (Å²) in [6.45, 7) is 10.2. The Hall–Kier alpha value is -1.91. The number of aliphatic imine (C=N–C) groups is 1. The first-order chi connectivity index (χ1) is 12.5. The molecule has 8 nitrogen and oxygen atoms in total. The van der Waals surface area contributed by atoms with Crippen molar-refractivity contribution in [3.63, 3.8) is 0 Å². The molecule has 0 radical (unpaired) electrons. The molecule has 0 aliphatic carbocycles. The summed E-state index contributed by atoms with van der Waals surface area (Å²) in [5.41, 5.74) is -0.144. The van der Waals surface area contributed by atoms with E-state index >= 15 is 0 Å². The van der Waals surface area contributed by atoms with E-state index < -0.39 is 0 Å². The molecule has 1 aliphatic rings. The molecule has 0 aromatic carbocycles. The lowest BCUT2D eigenvalue weighted by Crippen LogP contribution is -2.52. The van der Waals surface area contributed by atoms with Crippen molar-refractivity contribution < 1.29 is 4.52 Å². The Morgan fingerprint density at radius 1 is 1.22 bits per heavy atom. The zero-order valence-electron chi connectivity index (χ0n) is 16.3. The molecule has 9 heteroatoms. The minimum atomic E-state index is -0.144. The van der Waals surface area contributed by atoms with Gasteiger partial charge in [0.15, 0.2) is 11.8 Å². The molecule has 1 aliphatic heterocycles. The van der Waals surface area contributed by atoms with Gasteiger partial charge in [-0.3, -0.25) is 4.99 Å². The highest BCUT2D eigenvalue weighted by atomic mass is 127. The lowest BCUT2D eigenvalue weighted by molar-refractivity contribution is 0.317. The van der Waals surface area contributed by atoms with E-state index in [9.17, 15) is 0 Å². The summed E-state index contributed by atoms with van der Waals surface area (Å²) in [5.74, 6) is 3.17. The average Bonchev–Trinajstić information content (AvgIpc) is 3.13. The summed E-state index contributed by atoms with van der Waals surface area (Å²) in [7, 11) is 1.80. The van der Waals surface area contributed by atoms with Crippen LogP contribution in [0.1, 0.15) is 32.5 Å². The van der Waals surface area contributed by atoms with Crippen LogP contribution < -0.4 is 10.2 Å². The highest BCUT2D eigenvalue weighted by molar-refractivity contribution is 14.0. The van der Waals surface area contributed by atoms with Gasteiger partial charge in [-0.1, -0.05) is 32.0 Å². The van der Waals surface area contributed by atoms with Crippen LogP contribution >= 0.6 is 24.0 Å². The number of rotatable bonds is 3. The van der Waals surface area contributed by atoms with E-state index in [2.05, 4.69) is 56.0 Å². The van der Waals surface area contributed by atoms with E-state index in [1.165, 1.54) is 0 Å². The zero-order valence-corrected chi connectivity index (χ0v) is 18.7. The summed E-state index contributed by atoms with van der Waals surface area (Å²) in [6.07, 6.45) is 1.83. The average molecular weight is 485 g/mol. The summed E-state index contributed by atoms with van der Waals surface area (Å²) in [4.78, 5) is 17.8. The molecule has 148 valence electrons. The molecular formula is C18H28IN7O. The van der Waals surface area contributed by atoms with Gasteiger partial charge >= 0.3 is 0 Å². The van der Waals surface area contributed by atoms with Crippen LogP contribution in [-0.4, -0.2) is 59.2 Å². The van der Waals surface area contributed by atoms with Crippen molar-refractivity contribution in [3.8, 4) is 0 Å². The topological polar surface area (TPSA) is 82.7 Å². The molecule has 2 aromatic heterocycles. The zero-order chi connectivity index (χ0) is 18.6. The van der Waals surface area contributed by atoms with Crippen molar-refractivity contribution in [2.45, 2.75) is 32.7 Å². The van der Waals surface area contributed by atoms with Gasteiger partial charge < -0.3 is 19.6 Å². The summed E-state index contributed by atoms with van der Waals surface area (Å²) < 4.78 is 5.34. The number of nitrogens with one attached hydrogen (secondary N) is 1. The number of hydrogen-bond donors (Lipinski definition) is 1. The monoisotopic (exact) mass is 485 g/mol. The summed E-state index contributed by atoms with van der Waals surface area (Å²) in [6, 6.07) is 6.01. The number of piperazine rings is 1. The van der Waals surface area contributed by atoms with E-state index in [1.807, 2.05) is 24.4 Å². The van der Waals surface area contributed by atoms with Crippen molar-refractivity contribution in [3.05, 3.63) is 36.1 Å². The van der Waals surface area contributed by atoms with Crippen LogP contribution in [-0.2, 0) is 12.0 Å². The number of nitrogens with zero attached hydrogens (tertiary/aromatic N) is 6. The third-order valence-corrected chi connectivity index (χ3v) is 4.28. The molecule has 0 bridgehead atoms. The fourth-order valence-corrected chi connectivity index (χ4v) is 2.81. The quantitative estimate of drug-likeness (QED) is 0.406. The van der Waals surface area contributed by atoms with Crippen molar-refractivity contribution >= 4 is 35.8 Å². The highest BCUT2D eigenvalue weighted by Crippen LogP contribution is 2.19. The van der Waals surface area contributed by atoms with Crippen molar-refractivity contribution in [2.75, 3.05) is 38.1 Å². The van der Waals surface area contributed by atoms with Crippen LogP contribution in [0.15, 0.2) is 33.9 Å². The van der Waals surface area contributed by atoms with Gasteiger partial charge in [-0.25, -0.2) is 4.98 Å². The first-order valence-corrected chi connectivity index (χ1v) is 8.92. The van der Waals surface area contributed by atoms with Gasteiger partial charge in [0.05, 0.1) is 6.54 Å². The first kappa shape index (κ1) is 21.4. The molecule has 0 atom stereocenters. The normalized spacial score (nSPS) is 15.5. The third-order valence-electron chi connectivity index (χ3n) is 4.28. The standard InChI is InChI=1S/C18H27N7O.HI/c1-18(2,3)16-22-14(23-26-16)13-21-17(19-4)25-11-9-24(10-12-25)15-7-5-6-8-20-15;/h5-8H,9-13H2,1-4H3,(H,19,21);1H. The van der Waals surface area contributed by atoms with Gasteiger partial charge in [0.25, 0.3) is 0 Å². The molecule has 0 unspecified atom stereocenters. The van der Waals surface area contributed by atoms with Gasteiger partial charge in [0.2, 0.25) is 5.89 Å². The Balaban J connectivity index is 0.00000261. The molecule has 0 saturated carbocycles. The maximum Gasteiger partial charge on any atom is 0.232 e. The molecule has 0 amide bonds. The minimum absolute atomic E-state index is 0. The number of pyridine rings is 1. The smallest absolute Gasteiger partial charge is 0.232 e. The van der Waals surface area contributed by atoms with E-state index in [4.69, 9.17) is 4.52 Å². The number of aromatic nitrogens is 3. The second kappa shape index (κ2) is 9.34. The largest absolute Gasteiger partial charge is 0.353 e. The Bertz CT molecular complexity index is 734. The van der Waals surface area contributed by atoms with E-state index in [0.717, 1.165) is 38.0 Å². The Labute approximate surface area is 177 Å². The molecule has 1 saturated heterocycles. The Morgan fingerprint density at radius 2 is 1.96 bits per heavy atom. The van der Waals surface area contributed by atoms with Crippen LogP contribution in [0.2, 0.25) is 0 Å². The number of guanidine groups is 1. The summed E-state index contributed by atoms with van der Waals surface area (Å²) >= 11 is 0. The predicted molar refractivity (Wildman–Crippen MR) is 117 cm³/mol. The van der Waals surface area contributed by atoms with Crippen molar-refractivity contribution in [1.82, 2.24) is 25.3 Å². The van der Waals surface area contributed by atoms with Gasteiger partial charge in [0.1, 0.15) is 5.82 Å².